The highest BCUT2D eigenvalue weighted by Gasteiger charge is 2.28. The molecule has 0 aliphatic carbocycles. The Morgan fingerprint density at radius 2 is 0.389 bits per heavy atom. The molecular weight excluding hydrogens is 1760 g/mol. The Hall–Kier alpha value is -19.4. The highest BCUT2D eigenvalue weighted by atomic mass is 16.3. The average Bonchev–Trinajstić information content (AvgIpc) is 1.17. The summed E-state index contributed by atoms with van der Waals surface area (Å²) in [5.74, 6) is 0. The van der Waals surface area contributed by atoms with E-state index in [4.69, 9.17) is 41.5 Å². The predicted molar refractivity (Wildman–Crippen MR) is 596 cm³/mol. The van der Waals surface area contributed by atoms with Gasteiger partial charge in [0.15, 0.2) is 0 Å². The van der Waals surface area contributed by atoms with Gasteiger partial charge in [0.05, 0.1) is 33.6 Å². The zero-order valence-corrected chi connectivity index (χ0v) is 77.4. The molecule has 0 aliphatic rings. The summed E-state index contributed by atoms with van der Waals surface area (Å²) in [4.78, 5) is 15.7. The summed E-state index contributed by atoms with van der Waals surface area (Å²) in [6.45, 7) is 0. The Morgan fingerprint density at radius 1 is 0.125 bits per heavy atom. The van der Waals surface area contributed by atoms with Crippen LogP contribution in [0.25, 0.3) is 308 Å². The topological polar surface area (TPSA) is 118 Å². The maximum Gasteiger partial charge on any atom is 0.143 e. The van der Waals surface area contributed by atoms with Crippen LogP contribution in [0.1, 0.15) is 0 Å². The molecule has 9 heterocycles. The predicted octanol–water partition coefficient (Wildman–Crippen LogP) is 38.2. The summed E-state index contributed by atoms with van der Waals surface area (Å²) in [5, 5.41) is 23.6. The number of hydrogen-bond donors (Lipinski definition) is 0. The molecule has 0 N–H and O–H groups in total. The number of hydrogen-bond acceptors (Lipinski definition) is 9. The minimum Gasteiger partial charge on any atom is -0.456 e. The Labute approximate surface area is 823 Å². The van der Waals surface area contributed by atoms with Gasteiger partial charge in [-0.15, -0.1) is 0 Å². The molecule has 9 aromatic heterocycles. The third kappa shape index (κ3) is 13.4. The number of nitrogens with zero attached hydrogens (tertiary/aromatic N) is 3. The lowest BCUT2D eigenvalue weighted by molar-refractivity contribution is 0.668. The molecule has 0 spiro atoms. The van der Waals surface area contributed by atoms with Crippen molar-refractivity contribution < 1.29 is 26.5 Å². The molecule has 31 aromatic rings. The monoisotopic (exact) mass is 1840 g/mol. The van der Waals surface area contributed by atoms with Crippen molar-refractivity contribution in [2.45, 2.75) is 0 Å². The number of benzene rings is 22. The summed E-state index contributed by atoms with van der Waals surface area (Å²) in [6.07, 6.45) is 0. The maximum atomic E-state index is 6.58. The van der Waals surface area contributed by atoms with Crippen LogP contribution in [0.15, 0.2) is 506 Å². The number of pyridine rings is 3. The van der Waals surface area contributed by atoms with Crippen LogP contribution in [0, 0.1) is 0 Å². The number of rotatable bonds is 10. The fourth-order valence-electron chi connectivity index (χ4n) is 22.5. The molecule has 144 heavy (non-hydrogen) atoms. The number of fused-ring (bicyclic) bond motifs is 27. The fourth-order valence-corrected chi connectivity index (χ4v) is 22.5. The lowest BCUT2D eigenvalue weighted by Crippen LogP contribution is -1.93. The van der Waals surface area contributed by atoms with E-state index >= 15 is 0 Å². The lowest BCUT2D eigenvalue weighted by Gasteiger charge is -2.16. The van der Waals surface area contributed by atoms with Crippen molar-refractivity contribution in [2.75, 3.05) is 0 Å². The van der Waals surface area contributed by atoms with Crippen LogP contribution in [0.4, 0.5) is 0 Å². The van der Waals surface area contributed by atoms with Crippen molar-refractivity contribution in [1.82, 2.24) is 15.0 Å². The highest BCUT2D eigenvalue weighted by Crippen LogP contribution is 2.53. The van der Waals surface area contributed by atoms with Gasteiger partial charge >= 0.3 is 0 Å². The van der Waals surface area contributed by atoms with E-state index in [9.17, 15) is 0 Å². The van der Waals surface area contributed by atoms with Gasteiger partial charge in [-0.25, -0.2) is 15.0 Å². The summed E-state index contributed by atoms with van der Waals surface area (Å²) in [6, 6.07) is 168. The van der Waals surface area contributed by atoms with Crippen molar-refractivity contribution in [3.05, 3.63) is 479 Å². The molecule has 670 valence electrons. The highest BCUT2D eigenvalue weighted by molar-refractivity contribution is 6.32. The fraction of sp³-hybridized carbons (Fsp3) is 0. The van der Waals surface area contributed by atoms with Crippen LogP contribution >= 0.6 is 0 Å². The second-order valence-electron chi connectivity index (χ2n) is 37.1. The van der Waals surface area contributed by atoms with Gasteiger partial charge in [-0.3, -0.25) is 0 Å². The van der Waals surface area contributed by atoms with Crippen molar-refractivity contribution in [3.63, 3.8) is 0 Å². The zero-order valence-electron chi connectivity index (χ0n) is 77.4. The summed E-state index contributed by atoms with van der Waals surface area (Å²) in [5.41, 5.74) is 35.7. The van der Waals surface area contributed by atoms with Gasteiger partial charge in [0.25, 0.3) is 0 Å². The third-order valence-electron chi connectivity index (χ3n) is 29.0. The Bertz CT molecular complexity index is 10600. The molecule has 0 fully saturated rings. The Balaban J connectivity index is 0.000000103. The quantitative estimate of drug-likeness (QED) is 0.123. The van der Waals surface area contributed by atoms with E-state index < -0.39 is 0 Å². The molecule has 0 amide bonds. The molecule has 31 rings (SSSR count). The van der Waals surface area contributed by atoms with Gasteiger partial charge in [0.1, 0.15) is 67.0 Å². The summed E-state index contributed by atoms with van der Waals surface area (Å²) < 4.78 is 38.3. The normalized spacial score (nSPS) is 11.9. The van der Waals surface area contributed by atoms with Crippen molar-refractivity contribution in [1.29, 1.82) is 0 Å². The van der Waals surface area contributed by atoms with Crippen LogP contribution in [0.3, 0.4) is 0 Å². The smallest absolute Gasteiger partial charge is 0.143 e. The average molecular weight is 1840 g/mol. The Morgan fingerprint density at radius 3 is 0.799 bits per heavy atom. The van der Waals surface area contributed by atoms with Gasteiger partial charge in [-0.2, -0.15) is 0 Å². The second kappa shape index (κ2) is 33.2. The van der Waals surface area contributed by atoms with Gasteiger partial charge in [-0.05, 0) is 147 Å². The molecule has 9 heteroatoms. The van der Waals surface area contributed by atoms with E-state index in [1.54, 1.807) is 0 Å². The second-order valence-corrected chi connectivity index (χ2v) is 37.1. The molecule has 0 unspecified atom stereocenters. The first-order valence-electron chi connectivity index (χ1n) is 48.7. The first kappa shape index (κ1) is 81.8. The molecule has 0 saturated heterocycles. The van der Waals surface area contributed by atoms with Crippen molar-refractivity contribution >= 4 is 197 Å². The van der Waals surface area contributed by atoms with Gasteiger partial charge in [0, 0.05) is 152 Å². The first-order valence-corrected chi connectivity index (χ1v) is 48.7. The van der Waals surface area contributed by atoms with E-state index in [1.165, 1.54) is 16.2 Å². The van der Waals surface area contributed by atoms with E-state index in [1.807, 2.05) is 78.9 Å². The number of para-hydroxylation sites is 10. The van der Waals surface area contributed by atoms with Gasteiger partial charge in [-0.1, -0.05) is 388 Å². The van der Waals surface area contributed by atoms with Crippen molar-refractivity contribution in [3.8, 4) is 112 Å². The Kier molecular flexibility index (Phi) is 18.9. The first-order chi connectivity index (χ1) is 71.4. The SMILES string of the molecule is c1ccc(-c2nc3ccccc3c3c(-c4ccc(-c5ccc(-c6cccc7c6oc6ccccc67)cc5)cc4)c4c(cc23)oc2ccccc24)cc1.c1ccc(-c2nc3ccccc3c3c(-c4ccc(-c5ccc6oc7ccccc7c6c5)cc4)c4c(cc23)oc2ccccc24)cc1.c1ccc(-c2nc3ccccc3c3c(-c4ccc(-c5cccc6oc7ccccc7c56)cc4)c4c(cc23)oc2ccccc24)cc1. The van der Waals surface area contributed by atoms with Gasteiger partial charge < -0.3 is 26.5 Å². The summed E-state index contributed by atoms with van der Waals surface area (Å²) >= 11 is 0. The molecule has 22 aromatic carbocycles. The number of aromatic nitrogens is 3. The number of furan rings is 6. The molecular formula is C135H79N3O6. The van der Waals surface area contributed by atoms with Crippen LogP contribution in [-0.4, -0.2) is 15.0 Å². The maximum absolute atomic E-state index is 6.58. The standard InChI is InChI=1S/C49H29NO2.2C43H25NO2/c1-2-11-34(12-3-1)48-40-29-44-47(39-15-6-9-20-43(39)51-44)45(46(40)38-14-4-7-18-41(38)50-48)33-27-23-31(24-28-33)30-21-25-32(26-22-30)35-16-10-17-37-36-13-5-8-19-42(36)52-49(35)37;1-2-11-28(12-3-1)43-33-25-38-42(32-15-6-9-19-36(32)46-38)39(41(33)30-13-4-7-17-34(30)44-43)27-23-21-26(22-24-27)29-16-10-20-37-40(29)31-14-5-8-18-35(31)45-37;1-2-10-28(11-3-1)43-34-25-39-42(32-14-6-9-17-37(32)46-39)40(41(34)31-13-4-7-15-35(31)44-43)27-20-18-26(19-21-27)29-22-23-38-33(24-29)30-12-5-8-16-36(30)45-38/h1-29H;2*1-25H. The third-order valence-corrected chi connectivity index (χ3v) is 29.0. The van der Waals surface area contributed by atoms with E-state index in [0.717, 1.165) is 292 Å². The van der Waals surface area contributed by atoms with Crippen molar-refractivity contribution in [2.24, 2.45) is 0 Å². The minimum atomic E-state index is 0.858. The lowest BCUT2D eigenvalue weighted by atomic mass is 9.88. The molecule has 0 bridgehead atoms. The minimum absolute atomic E-state index is 0.858. The molecule has 0 aliphatic heterocycles. The zero-order chi connectivity index (χ0) is 94.6. The molecule has 0 atom stereocenters. The molecule has 0 radical (unpaired) electrons. The van der Waals surface area contributed by atoms with Crippen LogP contribution in [0.5, 0.6) is 0 Å². The summed E-state index contributed by atoms with van der Waals surface area (Å²) in [7, 11) is 0. The molecule has 0 saturated carbocycles. The van der Waals surface area contributed by atoms with E-state index in [0.29, 0.717) is 0 Å². The van der Waals surface area contributed by atoms with E-state index in [-0.39, 0.29) is 0 Å². The van der Waals surface area contributed by atoms with E-state index in [2.05, 4.69) is 400 Å². The largest absolute Gasteiger partial charge is 0.456 e. The van der Waals surface area contributed by atoms with Crippen LogP contribution in [-0.2, 0) is 0 Å². The molecule has 9 nitrogen and oxygen atoms in total. The van der Waals surface area contributed by atoms with Gasteiger partial charge in [0.2, 0.25) is 0 Å². The van der Waals surface area contributed by atoms with Crippen LogP contribution in [0.2, 0.25) is 0 Å². The van der Waals surface area contributed by atoms with Crippen LogP contribution < -0.4 is 0 Å².